The molecular formula is C22H38O3. The quantitative estimate of drug-likeness (QED) is 0.574. The minimum atomic E-state index is -0.117. The summed E-state index contributed by atoms with van der Waals surface area (Å²) in [5, 5.41) is 9.95. The number of methoxy groups -OCH3 is 1. The Labute approximate surface area is 154 Å². The van der Waals surface area contributed by atoms with Crippen molar-refractivity contribution in [2.24, 2.45) is 34.5 Å². The fourth-order valence-electron chi connectivity index (χ4n) is 6.18. The van der Waals surface area contributed by atoms with Gasteiger partial charge in [0.2, 0.25) is 0 Å². The monoisotopic (exact) mass is 350 g/mol. The van der Waals surface area contributed by atoms with Crippen LogP contribution in [0.25, 0.3) is 0 Å². The first-order valence-corrected chi connectivity index (χ1v) is 10.3. The molecule has 1 N–H and O–H groups in total. The molecule has 3 aliphatic carbocycles. The molecule has 3 unspecified atom stereocenters. The maximum atomic E-state index is 11.7. The molecule has 2 fully saturated rings. The van der Waals surface area contributed by atoms with Crippen LogP contribution in [0.2, 0.25) is 0 Å². The highest BCUT2D eigenvalue weighted by Crippen LogP contribution is 2.63. The first-order valence-electron chi connectivity index (χ1n) is 10.3. The van der Waals surface area contributed by atoms with Gasteiger partial charge in [-0.05, 0) is 73.0 Å². The van der Waals surface area contributed by atoms with Crippen LogP contribution in [0.15, 0.2) is 12.2 Å². The van der Waals surface area contributed by atoms with Crippen LogP contribution >= 0.6 is 0 Å². The van der Waals surface area contributed by atoms with E-state index >= 15 is 0 Å². The number of hydrogen-bond acceptors (Lipinski definition) is 3. The number of carbonyl (C=O) groups excluding carboxylic acids is 1. The normalized spacial score (nSPS) is 42.0. The van der Waals surface area contributed by atoms with Crippen molar-refractivity contribution in [2.75, 3.05) is 13.7 Å². The van der Waals surface area contributed by atoms with Crippen molar-refractivity contribution in [1.29, 1.82) is 0 Å². The Kier molecular flexibility index (Phi) is 6.75. The summed E-state index contributed by atoms with van der Waals surface area (Å²) in [5.41, 5.74) is 0.451. The fraction of sp³-hybridized carbons (Fsp3) is 0.864. The smallest absolute Gasteiger partial charge is 0.305 e. The molecule has 0 radical (unpaired) electrons. The van der Waals surface area contributed by atoms with Crippen molar-refractivity contribution < 1.29 is 14.6 Å². The van der Waals surface area contributed by atoms with Crippen molar-refractivity contribution in [1.82, 2.24) is 0 Å². The molecule has 0 aromatic rings. The van der Waals surface area contributed by atoms with E-state index in [0.717, 1.165) is 24.7 Å². The van der Waals surface area contributed by atoms with Gasteiger partial charge in [0, 0.05) is 13.0 Å². The predicted molar refractivity (Wildman–Crippen MR) is 102 cm³/mol. The Balaban J connectivity index is 0.00000109. The van der Waals surface area contributed by atoms with Gasteiger partial charge < -0.3 is 9.84 Å². The Bertz CT molecular complexity index is 486. The van der Waals surface area contributed by atoms with Crippen LogP contribution in [0.4, 0.5) is 0 Å². The first kappa shape index (κ1) is 20.5. The minimum Gasteiger partial charge on any atom is -0.469 e. The van der Waals surface area contributed by atoms with E-state index in [-0.39, 0.29) is 18.0 Å². The predicted octanol–water partition coefficient (Wildman–Crippen LogP) is 4.98. The molecule has 6 atom stereocenters. The lowest BCUT2D eigenvalue weighted by Crippen LogP contribution is -2.51. The Morgan fingerprint density at radius 3 is 2.56 bits per heavy atom. The molecule has 3 heteroatoms. The fourth-order valence-corrected chi connectivity index (χ4v) is 6.18. The molecule has 144 valence electrons. The average Bonchev–Trinajstić information content (AvgIpc) is 3.03. The highest BCUT2D eigenvalue weighted by atomic mass is 16.5. The lowest BCUT2D eigenvalue weighted by molar-refractivity contribution is -0.144. The number of fused-ring (bicyclic) bond motifs is 3. The molecule has 0 bridgehead atoms. The number of esters is 1. The second kappa shape index (κ2) is 8.24. The van der Waals surface area contributed by atoms with Crippen LogP contribution in [0.5, 0.6) is 0 Å². The summed E-state index contributed by atoms with van der Waals surface area (Å²) in [4.78, 5) is 11.7. The third-order valence-electron chi connectivity index (χ3n) is 7.71. The van der Waals surface area contributed by atoms with Gasteiger partial charge in [0.25, 0.3) is 0 Å². The highest BCUT2D eigenvalue weighted by Gasteiger charge is 2.55. The number of aliphatic hydroxyl groups is 1. The molecule has 3 rings (SSSR count). The van der Waals surface area contributed by atoms with Crippen LogP contribution in [0.1, 0.15) is 72.6 Å². The minimum absolute atomic E-state index is 0.0653. The van der Waals surface area contributed by atoms with Crippen molar-refractivity contribution in [3.63, 3.8) is 0 Å². The highest BCUT2D eigenvalue weighted by molar-refractivity contribution is 5.69. The molecule has 0 aromatic heterocycles. The summed E-state index contributed by atoms with van der Waals surface area (Å²) in [6.45, 7) is 9.01. The Hall–Kier alpha value is -0.830. The molecule has 25 heavy (non-hydrogen) atoms. The largest absolute Gasteiger partial charge is 0.469 e. The topological polar surface area (TPSA) is 46.5 Å². The maximum Gasteiger partial charge on any atom is 0.305 e. The number of allylic oxidation sites excluding steroid dienone is 2. The van der Waals surface area contributed by atoms with Gasteiger partial charge in [-0.25, -0.2) is 0 Å². The van der Waals surface area contributed by atoms with Gasteiger partial charge in [0.15, 0.2) is 0 Å². The summed E-state index contributed by atoms with van der Waals surface area (Å²) >= 11 is 0. The van der Waals surface area contributed by atoms with E-state index < -0.39 is 0 Å². The molecule has 0 aromatic carbocycles. The Morgan fingerprint density at radius 2 is 1.92 bits per heavy atom. The summed E-state index contributed by atoms with van der Waals surface area (Å²) in [5.74, 6) is 2.35. The van der Waals surface area contributed by atoms with Crippen molar-refractivity contribution in [3.8, 4) is 0 Å². The van der Waals surface area contributed by atoms with Crippen molar-refractivity contribution in [3.05, 3.63) is 12.2 Å². The summed E-state index contributed by atoms with van der Waals surface area (Å²) in [7, 11) is 1.47. The van der Waals surface area contributed by atoms with Crippen LogP contribution in [-0.4, -0.2) is 24.8 Å². The van der Waals surface area contributed by atoms with Crippen LogP contribution in [-0.2, 0) is 9.53 Å². The number of carbonyl (C=O) groups is 1. The zero-order valence-electron chi connectivity index (χ0n) is 16.9. The van der Waals surface area contributed by atoms with E-state index in [0.29, 0.717) is 23.7 Å². The molecule has 3 nitrogen and oxygen atoms in total. The third-order valence-corrected chi connectivity index (χ3v) is 7.71. The number of aliphatic hydroxyl groups excluding tert-OH is 1. The van der Waals surface area contributed by atoms with Crippen LogP contribution in [0, 0.1) is 34.5 Å². The number of rotatable bonds is 4. The second-order valence-corrected chi connectivity index (χ2v) is 8.60. The van der Waals surface area contributed by atoms with Gasteiger partial charge in [-0.1, -0.05) is 39.8 Å². The lowest BCUT2D eigenvalue weighted by atomic mass is 9.47. The molecule has 2 saturated carbocycles. The molecule has 0 aliphatic heterocycles. The molecule has 0 spiro atoms. The molecule has 0 saturated heterocycles. The number of hydrogen-bond donors (Lipinski definition) is 1. The van der Waals surface area contributed by atoms with E-state index in [1.807, 2.05) is 13.8 Å². The summed E-state index contributed by atoms with van der Waals surface area (Å²) < 4.78 is 4.87. The van der Waals surface area contributed by atoms with E-state index in [2.05, 4.69) is 26.0 Å². The van der Waals surface area contributed by atoms with Gasteiger partial charge >= 0.3 is 5.97 Å². The van der Waals surface area contributed by atoms with E-state index in [1.165, 1.54) is 32.8 Å². The van der Waals surface area contributed by atoms with Crippen molar-refractivity contribution >= 4 is 5.97 Å². The zero-order valence-corrected chi connectivity index (χ0v) is 16.9. The summed E-state index contributed by atoms with van der Waals surface area (Å²) in [6, 6.07) is 0. The molecule has 0 amide bonds. The van der Waals surface area contributed by atoms with Crippen LogP contribution in [0.3, 0.4) is 0 Å². The van der Waals surface area contributed by atoms with Crippen molar-refractivity contribution in [2.45, 2.75) is 72.6 Å². The van der Waals surface area contributed by atoms with Gasteiger partial charge in [-0.3, -0.25) is 4.79 Å². The SMILES string of the molecule is CC.COC(=O)CCC1(C)[C@H](CO)CCC2[C@@H]3CC=CC3(C)CC[C@@H]21. The zero-order chi connectivity index (χ0) is 18.7. The van der Waals surface area contributed by atoms with Gasteiger partial charge in [0.05, 0.1) is 7.11 Å². The van der Waals surface area contributed by atoms with Gasteiger partial charge in [-0.2, -0.15) is 0 Å². The first-order chi connectivity index (χ1) is 11.9. The standard InChI is InChI=1S/C20H32O3.C2H6/c1-19-10-4-5-16(19)15-7-6-14(13-21)20(2,17(15)8-11-19)12-9-18(22)23-3;1-2/h4,10,14-17,21H,5-9,11-13H2,1-3H3;1-2H3/t14-,15?,16-,17-,19?,20?;/m0./s1. The third kappa shape index (κ3) is 3.67. The number of ether oxygens (including phenoxy) is 1. The molecule has 3 aliphatic rings. The average molecular weight is 351 g/mol. The lowest BCUT2D eigenvalue weighted by Gasteiger charge is -2.58. The van der Waals surface area contributed by atoms with Crippen LogP contribution < -0.4 is 0 Å². The molecule has 0 heterocycles. The van der Waals surface area contributed by atoms with E-state index in [1.54, 1.807) is 0 Å². The Morgan fingerprint density at radius 1 is 1.20 bits per heavy atom. The van der Waals surface area contributed by atoms with Gasteiger partial charge in [-0.15, -0.1) is 0 Å². The summed E-state index contributed by atoms with van der Waals surface area (Å²) in [6.07, 6.45) is 12.2. The molecular weight excluding hydrogens is 312 g/mol. The van der Waals surface area contributed by atoms with E-state index in [9.17, 15) is 9.90 Å². The van der Waals surface area contributed by atoms with E-state index in [4.69, 9.17) is 4.74 Å². The maximum absolute atomic E-state index is 11.7. The van der Waals surface area contributed by atoms with Gasteiger partial charge in [0.1, 0.15) is 0 Å². The second-order valence-electron chi connectivity index (χ2n) is 8.60.